The SMILES string of the molecule is CC1CCN(c2nnc(C(=O)Nc3cccnc3)c3ccccc23)CC1. The average Bonchev–Trinajstić information content (AvgIpc) is 2.68. The third-order valence-electron chi connectivity index (χ3n) is 4.89. The van der Waals surface area contributed by atoms with Gasteiger partial charge in [0, 0.05) is 30.1 Å². The molecule has 132 valence electrons. The number of rotatable bonds is 3. The van der Waals surface area contributed by atoms with Gasteiger partial charge in [-0.15, -0.1) is 10.2 Å². The zero-order valence-corrected chi connectivity index (χ0v) is 14.7. The molecule has 3 heterocycles. The average molecular weight is 347 g/mol. The minimum Gasteiger partial charge on any atom is -0.355 e. The Labute approximate surface area is 152 Å². The number of carbonyl (C=O) groups is 1. The molecule has 1 aromatic carbocycles. The molecule has 0 radical (unpaired) electrons. The topological polar surface area (TPSA) is 71.0 Å². The van der Waals surface area contributed by atoms with Gasteiger partial charge in [0.2, 0.25) is 0 Å². The van der Waals surface area contributed by atoms with E-state index in [0.717, 1.165) is 48.4 Å². The summed E-state index contributed by atoms with van der Waals surface area (Å²) in [6, 6.07) is 11.4. The first-order valence-corrected chi connectivity index (χ1v) is 8.94. The van der Waals surface area contributed by atoms with E-state index < -0.39 is 0 Å². The number of pyridine rings is 1. The molecule has 1 fully saturated rings. The van der Waals surface area contributed by atoms with Crippen LogP contribution in [0.5, 0.6) is 0 Å². The molecule has 0 bridgehead atoms. The first-order valence-electron chi connectivity index (χ1n) is 8.94. The number of anilines is 2. The maximum atomic E-state index is 12.7. The number of piperidine rings is 1. The summed E-state index contributed by atoms with van der Waals surface area (Å²) in [7, 11) is 0. The molecule has 6 heteroatoms. The summed E-state index contributed by atoms with van der Waals surface area (Å²) in [6.07, 6.45) is 5.58. The summed E-state index contributed by atoms with van der Waals surface area (Å²) in [4.78, 5) is 19.0. The Kier molecular flexibility index (Phi) is 4.48. The van der Waals surface area contributed by atoms with E-state index in [9.17, 15) is 4.79 Å². The number of carbonyl (C=O) groups excluding carboxylic acids is 1. The van der Waals surface area contributed by atoms with Crippen LogP contribution in [0.2, 0.25) is 0 Å². The quantitative estimate of drug-likeness (QED) is 0.785. The molecule has 2 aromatic heterocycles. The molecular formula is C20H21N5O. The first kappa shape index (κ1) is 16.4. The van der Waals surface area contributed by atoms with Crippen LogP contribution in [0.4, 0.5) is 11.5 Å². The summed E-state index contributed by atoms with van der Waals surface area (Å²) < 4.78 is 0. The largest absolute Gasteiger partial charge is 0.355 e. The number of hydrogen-bond donors (Lipinski definition) is 1. The predicted octanol–water partition coefficient (Wildman–Crippen LogP) is 3.51. The second kappa shape index (κ2) is 7.07. The maximum absolute atomic E-state index is 12.7. The molecule has 26 heavy (non-hydrogen) atoms. The van der Waals surface area contributed by atoms with Crippen molar-refractivity contribution in [1.29, 1.82) is 0 Å². The van der Waals surface area contributed by atoms with E-state index in [1.807, 2.05) is 24.3 Å². The Morgan fingerprint density at radius 2 is 1.85 bits per heavy atom. The fraction of sp³-hybridized carbons (Fsp3) is 0.300. The lowest BCUT2D eigenvalue weighted by molar-refractivity contribution is 0.102. The highest BCUT2D eigenvalue weighted by Gasteiger charge is 2.22. The van der Waals surface area contributed by atoms with E-state index in [1.54, 1.807) is 24.5 Å². The lowest BCUT2D eigenvalue weighted by Gasteiger charge is -2.31. The van der Waals surface area contributed by atoms with Crippen LogP contribution in [0.15, 0.2) is 48.8 Å². The van der Waals surface area contributed by atoms with Gasteiger partial charge in [-0.25, -0.2) is 0 Å². The molecule has 4 rings (SSSR count). The minimum absolute atomic E-state index is 0.277. The standard InChI is InChI=1S/C20H21N5O/c1-14-8-11-25(12-9-14)19-17-7-3-2-6-16(17)18(23-24-19)20(26)22-15-5-4-10-21-13-15/h2-7,10,13-14H,8-9,11-12H2,1H3,(H,22,26). The van der Waals surface area contributed by atoms with Crippen molar-refractivity contribution in [2.24, 2.45) is 5.92 Å². The van der Waals surface area contributed by atoms with Gasteiger partial charge in [-0.3, -0.25) is 9.78 Å². The third kappa shape index (κ3) is 3.22. The first-order chi connectivity index (χ1) is 12.7. The summed E-state index contributed by atoms with van der Waals surface area (Å²) in [5, 5.41) is 13.3. The number of nitrogens with zero attached hydrogens (tertiary/aromatic N) is 4. The van der Waals surface area contributed by atoms with Gasteiger partial charge in [0.25, 0.3) is 5.91 Å². The zero-order valence-electron chi connectivity index (χ0n) is 14.7. The van der Waals surface area contributed by atoms with Gasteiger partial charge in [-0.2, -0.15) is 0 Å². The van der Waals surface area contributed by atoms with E-state index in [4.69, 9.17) is 0 Å². The van der Waals surface area contributed by atoms with Gasteiger partial charge in [0.15, 0.2) is 11.5 Å². The van der Waals surface area contributed by atoms with Crippen molar-refractivity contribution in [3.8, 4) is 0 Å². The van der Waals surface area contributed by atoms with Crippen LogP contribution < -0.4 is 10.2 Å². The van der Waals surface area contributed by atoms with Gasteiger partial charge in [0.05, 0.1) is 11.9 Å². The highest BCUT2D eigenvalue weighted by molar-refractivity contribution is 6.12. The van der Waals surface area contributed by atoms with E-state index in [-0.39, 0.29) is 5.91 Å². The highest BCUT2D eigenvalue weighted by Crippen LogP contribution is 2.29. The second-order valence-electron chi connectivity index (χ2n) is 6.78. The maximum Gasteiger partial charge on any atom is 0.276 e. The lowest BCUT2D eigenvalue weighted by Crippen LogP contribution is -2.34. The van der Waals surface area contributed by atoms with E-state index >= 15 is 0 Å². The smallest absolute Gasteiger partial charge is 0.276 e. The molecule has 1 N–H and O–H groups in total. The Hall–Kier alpha value is -3.02. The van der Waals surface area contributed by atoms with Crippen molar-refractivity contribution in [3.05, 3.63) is 54.5 Å². The molecule has 0 spiro atoms. The van der Waals surface area contributed by atoms with Crippen molar-refractivity contribution in [2.75, 3.05) is 23.3 Å². The van der Waals surface area contributed by atoms with Gasteiger partial charge < -0.3 is 10.2 Å². The number of amides is 1. The second-order valence-corrected chi connectivity index (χ2v) is 6.78. The van der Waals surface area contributed by atoms with Crippen LogP contribution in [0.1, 0.15) is 30.3 Å². The Morgan fingerprint density at radius 3 is 2.58 bits per heavy atom. The Bertz CT molecular complexity index is 920. The van der Waals surface area contributed by atoms with Crippen LogP contribution in [-0.2, 0) is 0 Å². The molecular weight excluding hydrogens is 326 g/mol. The number of aromatic nitrogens is 3. The number of benzene rings is 1. The van der Waals surface area contributed by atoms with Crippen LogP contribution in [-0.4, -0.2) is 34.2 Å². The minimum atomic E-state index is -0.277. The summed E-state index contributed by atoms with van der Waals surface area (Å²) >= 11 is 0. The molecule has 3 aromatic rings. The number of nitrogens with one attached hydrogen (secondary N) is 1. The monoisotopic (exact) mass is 347 g/mol. The van der Waals surface area contributed by atoms with Gasteiger partial charge in [-0.1, -0.05) is 31.2 Å². The van der Waals surface area contributed by atoms with E-state index in [1.165, 1.54) is 0 Å². The zero-order chi connectivity index (χ0) is 17.9. The van der Waals surface area contributed by atoms with Crippen LogP contribution >= 0.6 is 0 Å². The fourth-order valence-electron chi connectivity index (χ4n) is 3.34. The molecule has 0 unspecified atom stereocenters. The van der Waals surface area contributed by atoms with Crippen molar-refractivity contribution >= 4 is 28.2 Å². The van der Waals surface area contributed by atoms with Gasteiger partial charge in [0.1, 0.15) is 0 Å². The summed E-state index contributed by atoms with van der Waals surface area (Å²) in [5.41, 5.74) is 0.969. The van der Waals surface area contributed by atoms with E-state index in [2.05, 4.69) is 32.3 Å². The van der Waals surface area contributed by atoms with Gasteiger partial charge >= 0.3 is 0 Å². The third-order valence-corrected chi connectivity index (χ3v) is 4.89. The van der Waals surface area contributed by atoms with Crippen LogP contribution in [0, 0.1) is 5.92 Å². The van der Waals surface area contributed by atoms with Crippen molar-refractivity contribution in [3.63, 3.8) is 0 Å². The van der Waals surface area contributed by atoms with Crippen LogP contribution in [0.3, 0.4) is 0 Å². The molecule has 1 amide bonds. The molecule has 0 aliphatic carbocycles. The highest BCUT2D eigenvalue weighted by atomic mass is 16.1. The Morgan fingerprint density at radius 1 is 1.08 bits per heavy atom. The van der Waals surface area contributed by atoms with E-state index in [0.29, 0.717) is 11.4 Å². The van der Waals surface area contributed by atoms with Crippen molar-refractivity contribution in [1.82, 2.24) is 15.2 Å². The van der Waals surface area contributed by atoms with Crippen molar-refractivity contribution < 1.29 is 4.79 Å². The van der Waals surface area contributed by atoms with Crippen molar-refractivity contribution in [2.45, 2.75) is 19.8 Å². The van der Waals surface area contributed by atoms with Crippen LogP contribution in [0.25, 0.3) is 10.8 Å². The number of fused-ring (bicyclic) bond motifs is 1. The molecule has 1 aliphatic heterocycles. The molecule has 1 saturated heterocycles. The Balaban J connectivity index is 1.69. The molecule has 0 saturated carbocycles. The predicted molar refractivity (Wildman–Crippen MR) is 102 cm³/mol. The summed E-state index contributed by atoms with van der Waals surface area (Å²) in [5.74, 6) is 1.33. The normalized spacial score (nSPS) is 15.2. The number of hydrogen-bond acceptors (Lipinski definition) is 5. The lowest BCUT2D eigenvalue weighted by atomic mass is 9.99. The van der Waals surface area contributed by atoms with Gasteiger partial charge in [-0.05, 0) is 30.9 Å². The summed E-state index contributed by atoms with van der Waals surface area (Å²) in [6.45, 7) is 4.23. The fourth-order valence-corrected chi connectivity index (χ4v) is 3.34. The molecule has 6 nitrogen and oxygen atoms in total. The molecule has 1 aliphatic rings. The molecule has 0 atom stereocenters.